The SMILES string of the molecule is COc1ccc(CC(=O)Oc2ccc(/C=C(/C#N)c3cccc(Cl)c3)cc2)cc1OC. The summed E-state index contributed by atoms with van der Waals surface area (Å²) in [7, 11) is 3.10. The lowest BCUT2D eigenvalue weighted by atomic mass is 10.0. The Kier molecular flexibility index (Phi) is 7.31. The van der Waals surface area contributed by atoms with Crippen molar-refractivity contribution in [3.63, 3.8) is 0 Å². The van der Waals surface area contributed by atoms with E-state index in [0.717, 1.165) is 16.7 Å². The third-order valence-electron chi connectivity index (χ3n) is 4.48. The monoisotopic (exact) mass is 433 g/mol. The quantitative estimate of drug-likeness (QED) is 0.211. The van der Waals surface area contributed by atoms with Gasteiger partial charge in [0.1, 0.15) is 5.75 Å². The van der Waals surface area contributed by atoms with Crippen molar-refractivity contribution < 1.29 is 19.0 Å². The zero-order valence-corrected chi connectivity index (χ0v) is 17.8. The molecule has 0 N–H and O–H groups in total. The lowest BCUT2D eigenvalue weighted by molar-refractivity contribution is -0.133. The third-order valence-corrected chi connectivity index (χ3v) is 4.71. The zero-order valence-electron chi connectivity index (χ0n) is 17.1. The second kappa shape index (κ2) is 10.3. The van der Waals surface area contributed by atoms with E-state index in [2.05, 4.69) is 6.07 Å². The van der Waals surface area contributed by atoms with E-state index in [4.69, 9.17) is 25.8 Å². The highest BCUT2D eigenvalue weighted by molar-refractivity contribution is 6.30. The summed E-state index contributed by atoms with van der Waals surface area (Å²) in [5.41, 5.74) is 2.78. The van der Waals surface area contributed by atoms with E-state index in [0.29, 0.717) is 27.8 Å². The largest absolute Gasteiger partial charge is 0.493 e. The van der Waals surface area contributed by atoms with Gasteiger partial charge in [-0.1, -0.05) is 41.9 Å². The highest BCUT2D eigenvalue weighted by Crippen LogP contribution is 2.28. The number of rotatable bonds is 7. The van der Waals surface area contributed by atoms with Crippen LogP contribution in [-0.4, -0.2) is 20.2 Å². The molecule has 3 aromatic carbocycles. The molecule has 0 aliphatic rings. The molecule has 5 nitrogen and oxygen atoms in total. The second-order valence-corrected chi connectivity index (χ2v) is 7.03. The molecule has 0 aliphatic carbocycles. The molecule has 0 fully saturated rings. The van der Waals surface area contributed by atoms with Crippen LogP contribution in [-0.2, 0) is 11.2 Å². The number of carbonyl (C=O) groups is 1. The number of nitriles is 1. The van der Waals surface area contributed by atoms with Crippen molar-refractivity contribution in [2.24, 2.45) is 0 Å². The van der Waals surface area contributed by atoms with Crippen LogP contribution < -0.4 is 14.2 Å². The van der Waals surface area contributed by atoms with Gasteiger partial charge in [0.05, 0.1) is 32.3 Å². The number of halogens is 1. The molecule has 0 aliphatic heterocycles. The number of hydrogen-bond donors (Lipinski definition) is 0. The lowest BCUT2D eigenvalue weighted by Gasteiger charge is -2.09. The Morgan fingerprint density at radius 3 is 2.39 bits per heavy atom. The van der Waals surface area contributed by atoms with E-state index in [1.54, 1.807) is 81.0 Å². The van der Waals surface area contributed by atoms with Crippen LogP contribution in [0.15, 0.2) is 66.7 Å². The minimum Gasteiger partial charge on any atom is -0.493 e. The number of nitrogens with zero attached hydrogens (tertiary/aromatic N) is 1. The minimum absolute atomic E-state index is 0.0926. The molecular weight excluding hydrogens is 414 g/mol. The maximum atomic E-state index is 12.3. The highest BCUT2D eigenvalue weighted by Gasteiger charge is 2.10. The molecule has 3 rings (SSSR count). The molecule has 0 saturated carbocycles. The van der Waals surface area contributed by atoms with E-state index < -0.39 is 5.97 Å². The Bertz CT molecular complexity index is 1150. The Balaban J connectivity index is 1.67. The highest BCUT2D eigenvalue weighted by atomic mass is 35.5. The van der Waals surface area contributed by atoms with Crippen molar-refractivity contribution in [1.29, 1.82) is 5.26 Å². The molecule has 6 heteroatoms. The first-order chi connectivity index (χ1) is 15.0. The van der Waals surface area contributed by atoms with Crippen LogP contribution in [0.1, 0.15) is 16.7 Å². The Hall–Kier alpha value is -3.75. The van der Waals surface area contributed by atoms with Crippen molar-refractivity contribution >= 4 is 29.2 Å². The summed E-state index contributed by atoms with van der Waals surface area (Å²) in [5, 5.41) is 10.0. The van der Waals surface area contributed by atoms with Crippen LogP contribution in [0.4, 0.5) is 0 Å². The van der Waals surface area contributed by atoms with Gasteiger partial charge in [-0.3, -0.25) is 4.79 Å². The fraction of sp³-hybridized carbons (Fsp3) is 0.120. The summed E-state index contributed by atoms with van der Waals surface area (Å²) >= 11 is 6.01. The van der Waals surface area contributed by atoms with Crippen LogP contribution in [0.2, 0.25) is 5.02 Å². The number of benzene rings is 3. The average Bonchev–Trinajstić information content (AvgIpc) is 2.78. The second-order valence-electron chi connectivity index (χ2n) is 6.59. The van der Waals surface area contributed by atoms with Gasteiger partial charge < -0.3 is 14.2 Å². The molecule has 0 heterocycles. The van der Waals surface area contributed by atoms with E-state index >= 15 is 0 Å². The molecule has 0 atom stereocenters. The number of hydrogen-bond acceptors (Lipinski definition) is 5. The maximum absolute atomic E-state index is 12.3. The fourth-order valence-corrected chi connectivity index (χ4v) is 3.15. The van der Waals surface area contributed by atoms with E-state index in [1.807, 2.05) is 6.07 Å². The maximum Gasteiger partial charge on any atom is 0.315 e. The number of methoxy groups -OCH3 is 2. The molecule has 31 heavy (non-hydrogen) atoms. The van der Waals surface area contributed by atoms with Crippen LogP contribution in [0.3, 0.4) is 0 Å². The third kappa shape index (κ3) is 5.88. The fourth-order valence-electron chi connectivity index (χ4n) is 2.96. The van der Waals surface area contributed by atoms with E-state index in [-0.39, 0.29) is 6.42 Å². The van der Waals surface area contributed by atoms with Crippen LogP contribution in [0.25, 0.3) is 11.6 Å². The summed E-state index contributed by atoms with van der Waals surface area (Å²) in [5.74, 6) is 1.17. The van der Waals surface area contributed by atoms with Crippen molar-refractivity contribution in [2.75, 3.05) is 14.2 Å². The number of esters is 1. The Labute approximate surface area is 186 Å². The van der Waals surface area contributed by atoms with Crippen molar-refractivity contribution in [3.8, 4) is 23.3 Å². The predicted molar refractivity (Wildman–Crippen MR) is 120 cm³/mol. The molecule has 0 radical (unpaired) electrons. The molecule has 0 aromatic heterocycles. The number of allylic oxidation sites excluding steroid dienone is 1. The summed E-state index contributed by atoms with van der Waals surface area (Å²) in [6.07, 6.45) is 1.84. The molecule has 0 unspecified atom stereocenters. The first kappa shape index (κ1) is 21.9. The van der Waals surface area contributed by atoms with Gasteiger partial charge in [0.25, 0.3) is 0 Å². The van der Waals surface area contributed by atoms with Crippen molar-refractivity contribution in [1.82, 2.24) is 0 Å². The molecular formula is C25H20ClNO4. The van der Waals surface area contributed by atoms with E-state index in [1.165, 1.54) is 0 Å². The summed E-state index contributed by atoms with van der Waals surface area (Å²) in [6.45, 7) is 0. The van der Waals surface area contributed by atoms with Crippen molar-refractivity contribution in [2.45, 2.75) is 6.42 Å². The van der Waals surface area contributed by atoms with Gasteiger partial charge in [-0.05, 0) is 59.2 Å². The first-order valence-electron chi connectivity index (χ1n) is 9.41. The van der Waals surface area contributed by atoms with Crippen LogP contribution in [0.5, 0.6) is 17.2 Å². The van der Waals surface area contributed by atoms with Gasteiger partial charge in [0.2, 0.25) is 0 Å². The molecule has 0 spiro atoms. The van der Waals surface area contributed by atoms with Crippen LogP contribution >= 0.6 is 11.6 Å². The Morgan fingerprint density at radius 1 is 1.00 bits per heavy atom. The van der Waals surface area contributed by atoms with Gasteiger partial charge >= 0.3 is 5.97 Å². The smallest absolute Gasteiger partial charge is 0.315 e. The summed E-state index contributed by atoms with van der Waals surface area (Å²) in [4.78, 5) is 12.3. The molecule has 156 valence electrons. The molecule has 0 amide bonds. The molecule has 3 aromatic rings. The standard InChI is InChI=1S/C25H20ClNO4/c1-29-23-11-8-18(13-24(23)30-2)14-25(28)31-22-9-6-17(7-10-22)12-20(16-27)19-4-3-5-21(26)15-19/h3-13,15H,14H2,1-2H3/b20-12-. The number of carbonyl (C=O) groups excluding carboxylic acids is 1. The normalized spacial score (nSPS) is 10.8. The van der Waals surface area contributed by atoms with Crippen molar-refractivity contribution in [3.05, 3.63) is 88.4 Å². The lowest BCUT2D eigenvalue weighted by Crippen LogP contribution is -2.11. The Morgan fingerprint density at radius 2 is 1.74 bits per heavy atom. The number of ether oxygens (including phenoxy) is 3. The summed E-state index contributed by atoms with van der Waals surface area (Å²) in [6, 6.07) is 21.5. The molecule has 0 saturated heterocycles. The van der Waals surface area contributed by atoms with Gasteiger partial charge in [-0.15, -0.1) is 0 Å². The predicted octanol–water partition coefficient (Wildman–Crippen LogP) is 5.57. The summed E-state index contributed by atoms with van der Waals surface area (Å²) < 4.78 is 15.9. The van der Waals surface area contributed by atoms with Gasteiger partial charge in [0, 0.05) is 5.02 Å². The topological polar surface area (TPSA) is 68.5 Å². The molecule has 0 bridgehead atoms. The van der Waals surface area contributed by atoms with Gasteiger partial charge in [-0.25, -0.2) is 0 Å². The first-order valence-corrected chi connectivity index (χ1v) is 9.79. The van der Waals surface area contributed by atoms with Crippen LogP contribution in [0, 0.1) is 11.3 Å². The minimum atomic E-state index is -0.396. The average molecular weight is 434 g/mol. The zero-order chi connectivity index (χ0) is 22.2. The van der Waals surface area contributed by atoms with Gasteiger partial charge in [0.15, 0.2) is 11.5 Å². The van der Waals surface area contributed by atoms with E-state index in [9.17, 15) is 10.1 Å². The van der Waals surface area contributed by atoms with Gasteiger partial charge in [-0.2, -0.15) is 5.26 Å².